The Morgan fingerprint density at radius 1 is 0.778 bits per heavy atom. The van der Waals surface area contributed by atoms with Crippen LogP contribution in [0, 0.1) is 0 Å². The lowest BCUT2D eigenvalue weighted by Crippen LogP contribution is -2.39. The van der Waals surface area contributed by atoms with Gasteiger partial charge in [-0.15, -0.1) is 0 Å². The van der Waals surface area contributed by atoms with E-state index in [1.165, 1.54) is 6.42 Å². The molecule has 0 spiro atoms. The van der Waals surface area contributed by atoms with E-state index in [0.717, 1.165) is 84.3 Å². The Kier molecular flexibility index (Phi) is 16.7. The molecule has 7 heteroatoms. The van der Waals surface area contributed by atoms with E-state index in [9.17, 15) is 4.79 Å². The molecule has 0 saturated carbocycles. The molecule has 162 valence electrons. The molecule has 0 fully saturated rings. The Balaban J connectivity index is 3.88. The molecule has 0 unspecified atom stereocenters. The zero-order valence-corrected chi connectivity index (χ0v) is 18.0. The van der Waals surface area contributed by atoms with Crippen LogP contribution >= 0.6 is 0 Å². The van der Waals surface area contributed by atoms with E-state index in [4.69, 9.17) is 16.2 Å². The number of nitrogens with two attached hydrogens (primary N) is 2. The monoisotopic (exact) mass is 387 g/mol. The Bertz CT molecular complexity index is 348. The van der Waals surface area contributed by atoms with Gasteiger partial charge in [-0.05, 0) is 98.6 Å². The highest BCUT2D eigenvalue weighted by Gasteiger charge is 2.21. The van der Waals surface area contributed by atoms with E-state index in [-0.39, 0.29) is 6.09 Å². The van der Waals surface area contributed by atoms with Gasteiger partial charge in [-0.25, -0.2) is 4.79 Å². The summed E-state index contributed by atoms with van der Waals surface area (Å²) in [5, 5.41) is 6.85. The average molecular weight is 388 g/mol. The van der Waals surface area contributed by atoms with Crippen LogP contribution in [0.1, 0.15) is 65.7 Å². The number of carbonyl (C=O) groups excluding carboxylic acids is 1. The van der Waals surface area contributed by atoms with Crippen molar-refractivity contribution < 1.29 is 9.53 Å². The summed E-state index contributed by atoms with van der Waals surface area (Å²) >= 11 is 0. The molecular weight excluding hydrogens is 342 g/mol. The Morgan fingerprint density at radius 2 is 1.30 bits per heavy atom. The second-order valence-electron chi connectivity index (χ2n) is 8.02. The maximum atomic E-state index is 12.4. The highest BCUT2D eigenvalue weighted by Crippen LogP contribution is 2.11. The van der Waals surface area contributed by atoms with Crippen molar-refractivity contribution in [2.45, 2.75) is 71.3 Å². The van der Waals surface area contributed by atoms with Crippen LogP contribution in [-0.4, -0.2) is 69.0 Å². The summed E-state index contributed by atoms with van der Waals surface area (Å²) in [7, 11) is 0. The highest BCUT2D eigenvalue weighted by atomic mass is 16.6. The van der Waals surface area contributed by atoms with Crippen molar-refractivity contribution in [3.05, 3.63) is 0 Å². The molecule has 27 heavy (non-hydrogen) atoms. The van der Waals surface area contributed by atoms with E-state index in [1.807, 2.05) is 25.7 Å². The predicted molar refractivity (Wildman–Crippen MR) is 114 cm³/mol. The van der Waals surface area contributed by atoms with Gasteiger partial charge in [0.15, 0.2) is 0 Å². The van der Waals surface area contributed by atoms with Gasteiger partial charge in [0.1, 0.15) is 5.60 Å². The third kappa shape index (κ3) is 18.2. The van der Waals surface area contributed by atoms with E-state index in [1.54, 1.807) is 0 Å². The van der Waals surface area contributed by atoms with Crippen molar-refractivity contribution >= 4 is 6.09 Å². The maximum absolute atomic E-state index is 12.4. The molecule has 0 aromatic carbocycles. The van der Waals surface area contributed by atoms with Crippen molar-refractivity contribution in [3.8, 4) is 0 Å². The van der Waals surface area contributed by atoms with Crippen molar-refractivity contribution in [2.75, 3.05) is 52.4 Å². The molecule has 6 N–H and O–H groups in total. The molecular formula is C20H45N5O2. The third-order valence-corrected chi connectivity index (χ3v) is 4.08. The molecule has 0 aliphatic carbocycles. The Labute approximate surface area is 166 Å². The molecule has 0 aliphatic rings. The van der Waals surface area contributed by atoms with Crippen LogP contribution in [0.3, 0.4) is 0 Å². The number of ether oxygens (including phenoxy) is 1. The normalized spacial score (nSPS) is 11.6. The summed E-state index contributed by atoms with van der Waals surface area (Å²) in [6, 6.07) is 0. The summed E-state index contributed by atoms with van der Waals surface area (Å²) < 4.78 is 5.53. The van der Waals surface area contributed by atoms with Crippen LogP contribution in [0.2, 0.25) is 0 Å². The lowest BCUT2D eigenvalue weighted by Gasteiger charge is -2.27. The quantitative estimate of drug-likeness (QED) is 0.285. The number of carbonyl (C=O) groups is 1. The van der Waals surface area contributed by atoms with E-state index < -0.39 is 5.60 Å². The molecule has 7 nitrogen and oxygen atoms in total. The van der Waals surface area contributed by atoms with E-state index in [0.29, 0.717) is 6.54 Å². The lowest BCUT2D eigenvalue weighted by molar-refractivity contribution is 0.0245. The third-order valence-electron chi connectivity index (χ3n) is 4.08. The molecule has 0 rings (SSSR count). The van der Waals surface area contributed by atoms with Gasteiger partial charge in [0.25, 0.3) is 0 Å². The smallest absolute Gasteiger partial charge is 0.410 e. The van der Waals surface area contributed by atoms with Crippen LogP contribution in [0.4, 0.5) is 4.79 Å². The summed E-state index contributed by atoms with van der Waals surface area (Å²) in [6.07, 6.45) is 7.12. The fourth-order valence-electron chi connectivity index (χ4n) is 2.62. The topological polar surface area (TPSA) is 106 Å². The molecule has 0 bridgehead atoms. The molecule has 0 radical (unpaired) electrons. The minimum atomic E-state index is -0.455. The first-order chi connectivity index (χ1) is 12.9. The van der Waals surface area contributed by atoms with Gasteiger partial charge in [-0.1, -0.05) is 6.42 Å². The molecule has 0 heterocycles. The first-order valence-electron chi connectivity index (χ1n) is 10.7. The summed E-state index contributed by atoms with van der Waals surface area (Å²) in [4.78, 5) is 14.2. The minimum Gasteiger partial charge on any atom is -0.444 e. The van der Waals surface area contributed by atoms with Gasteiger partial charge in [-0.3, -0.25) is 0 Å². The van der Waals surface area contributed by atoms with Crippen molar-refractivity contribution in [1.82, 2.24) is 15.5 Å². The molecule has 0 aliphatic heterocycles. The van der Waals surface area contributed by atoms with Crippen LogP contribution in [0.25, 0.3) is 0 Å². The molecule has 0 saturated heterocycles. The first kappa shape index (κ1) is 26.1. The van der Waals surface area contributed by atoms with Gasteiger partial charge in [0.2, 0.25) is 0 Å². The number of amides is 1. The van der Waals surface area contributed by atoms with E-state index >= 15 is 0 Å². The number of nitrogens with one attached hydrogen (secondary N) is 2. The van der Waals surface area contributed by atoms with Crippen molar-refractivity contribution in [1.29, 1.82) is 0 Å². The zero-order valence-electron chi connectivity index (χ0n) is 18.0. The molecule has 1 amide bonds. The first-order valence-corrected chi connectivity index (χ1v) is 10.7. The second-order valence-corrected chi connectivity index (χ2v) is 8.02. The number of hydrogen-bond acceptors (Lipinski definition) is 6. The van der Waals surface area contributed by atoms with Crippen molar-refractivity contribution in [3.63, 3.8) is 0 Å². The molecule has 0 atom stereocenters. The average Bonchev–Trinajstić information content (AvgIpc) is 2.59. The number of nitrogens with zero attached hydrogens (tertiary/aromatic N) is 1. The van der Waals surface area contributed by atoms with Gasteiger partial charge >= 0.3 is 6.09 Å². The summed E-state index contributed by atoms with van der Waals surface area (Å²) in [5.41, 5.74) is 10.5. The van der Waals surface area contributed by atoms with Gasteiger partial charge < -0.3 is 31.7 Å². The molecule has 0 aromatic rings. The van der Waals surface area contributed by atoms with Crippen LogP contribution in [-0.2, 0) is 4.74 Å². The fraction of sp³-hybridized carbons (Fsp3) is 0.950. The van der Waals surface area contributed by atoms with Crippen LogP contribution in [0.5, 0.6) is 0 Å². The summed E-state index contributed by atoms with van der Waals surface area (Å²) in [6.45, 7) is 12.6. The fourth-order valence-corrected chi connectivity index (χ4v) is 2.62. The number of rotatable bonds is 17. The van der Waals surface area contributed by atoms with Crippen LogP contribution in [0.15, 0.2) is 0 Å². The van der Waals surface area contributed by atoms with Gasteiger partial charge in [-0.2, -0.15) is 0 Å². The zero-order chi connectivity index (χ0) is 20.4. The van der Waals surface area contributed by atoms with Gasteiger partial charge in [0, 0.05) is 13.1 Å². The maximum Gasteiger partial charge on any atom is 0.410 e. The number of hydrogen-bond donors (Lipinski definition) is 4. The SMILES string of the molecule is CC(C)(C)OC(=O)N(CCCCCN)CCCNCCCCNCCCN. The highest BCUT2D eigenvalue weighted by molar-refractivity contribution is 5.68. The number of unbranched alkanes of at least 4 members (excludes halogenated alkanes) is 3. The summed E-state index contributed by atoms with van der Waals surface area (Å²) in [5.74, 6) is 0. The van der Waals surface area contributed by atoms with Crippen LogP contribution < -0.4 is 22.1 Å². The second kappa shape index (κ2) is 17.2. The largest absolute Gasteiger partial charge is 0.444 e. The lowest BCUT2D eigenvalue weighted by atomic mass is 10.2. The Hall–Kier alpha value is -0.890. The van der Waals surface area contributed by atoms with Gasteiger partial charge in [0.05, 0.1) is 0 Å². The van der Waals surface area contributed by atoms with Crippen molar-refractivity contribution in [2.24, 2.45) is 11.5 Å². The standard InChI is InChI=1S/C20H45N5O2/c1-20(2,3)27-19(26)25(17-8-4-5-11-21)18-10-16-24-14-7-6-13-23-15-9-12-22/h23-24H,4-18,21-22H2,1-3H3. The predicted octanol–water partition coefficient (Wildman–Crippen LogP) is 2.05. The Morgan fingerprint density at radius 3 is 1.85 bits per heavy atom. The van der Waals surface area contributed by atoms with E-state index in [2.05, 4.69) is 10.6 Å². The molecule has 0 aromatic heterocycles. The minimum absolute atomic E-state index is 0.209.